The van der Waals surface area contributed by atoms with Gasteiger partial charge in [0.15, 0.2) is 0 Å². The molecule has 0 aliphatic carbocycles. The van der Waals surface area contributed by atoms with Crippen LogP contribution in [0.1, 0.15) is 41.6 Å². The van der Waals surface area contributed by atoms with Crippen LogP contribution in [-0.4, -0.2) is 41.5 Å². The topological polar surface area (TPSA) is 84.4 Å². The molecule has 0 fully saturated rings. The maximum Gasteiger partial charge on any atom is 0.338 e. The van der Waals surface area contributed by atoms with Crippen molar-refractivity contribution in [3.8, 4) is 0 Å². The first-order valence-electron chi connectivity index (χ1n) is 8.25. The van der Waals surface area contributed by atoms with Crippen molar-refractivity contribution in [1.29, 1.82) is 0 Å². The van der Waals surface area contributed by atoms with Gasteiger partial charge in [0.2, 0.25) is 5.95 Å². The minimum Gasteiger partial charge on any atom is -0.462 e. The molecule has 0 bridgehead atoms. The average molecular weight is 342 g/mol. The van der Waals surface area contributed by atoms with E-state index in [-0.39, 0.29) is 17.6 Å². The van der Waals surface area contributed by atoms with Gasteiger partial charge in [0.05, 0.1) is 12.2 Å². The summed E-state index contributed by atoms with van der Waals surface area (Å²) in [5, 5.41) is 2.76. The molecular formula is C18H22N4O3. The molecule has 2 rings (SSSR count). The van der Waals surface area contributed by atoms with Crippen LogP contribution < -0.4 is 10.2 Å². The largest absolute Gasteiger partial charge is 0.462 e. The summed E-state index contributed by atoms with van der Waals surface area (Å²) in [6, 6.07) is 8.08. The number of esters is 1. The molecule has 0 saturated heterocycles. The predicted molar refractivity (Wildman–Crippen MR) is 95.9 cm³/mol. The Morgan fingerprint density at radius 2 is 1.76 bits per heavy atom. The van der Waals surface area contributed by atoms with Gasteiger partial charge in [-0.3, -0.25) is 4.79 Å². The number of amides is 1. The molecule has 1 aromatic heterocycles. The molecule has 7 nitrogen and oxygen atoms in total. The van der Waals surface area contributed by atoms with Crippen molar-refractivity contribution in [2.24, 2.45) is 0 Å². The molecule has 2 aromatic rings. The second kappa shape index (κ2) is 8.77. The molecule has 1 heterocycles. The Morgan fingerprint density at radius 1 is 1.08 bits per heavy atom. The number of nitrogens with one attached hydrogen (secondary N) is 1. The first kappa shape index (κ1) is 18.4. The first-order valence-corrected chi connectivity index (χ1v) is 8.25. The van der Waals surface area contributed by atoms with Crippen LogP contribution in [0.5, 0.6) is 0 Å². The van der Waals surface area contributed by atoms with Crippen LogP contribution in [0.2, 0.25) is 0 Å². The Bertz CT molecular complexity index is 727. The zero-order valence-electron chi connectivity index (χ0n) is 14.7. The number of carbonyl (C=O) groups excluding carboxylic acids is 2. The highest BCUT2D eigenvalue weighted by molar-refractivity contribution is 6.03. The summed E-state index contributed by atoms with van der Waals surface area (Å²) >= 11 is 0. The molecule has 25 heavy (non-hydrogen) atoms. The molecule has 7 heteroatoms. The zero-order valence-corrected chi connectivity index (χ0v) is 14.7. The number of aromatic nitrogens is 2. The van der Waals surface area contributed by atoms with E-state index < -0.39 is 0 Å². The lowest BCUT2D eigenvalue weighted by molar-refractivity contribution is 0.0526. The van der Waals surface area contributed by atoms with Gasteiger partial charge in [-0.2, -0.15) is 0 Å². The molecule has 1 aromatic carbocycles. The zero-order chi connectivity index (χ0) is 18.2. The van der Waals surface area contributed by atoms with Crippen molar-refractivity contribution >= 4 is 23.5 Å². The molecular weight excluding hydrogens is 320 g/mol. The SMILES string of the molecule is CCOC(=O)c1ccc(NC(=O)c2ccnc(N(CC)CC)n2)cc1. The molecule has 0 radical (unpaired) electrons. The van der Waals surface area contributed by atoms with E-state index in [4.69, 9.17) is 4.74 Å². The maximum atomic E-state index is 12.4. The fraction of sp³-hybridized carbons (Fsp3) is 0.333. The molecule has 0 aliphatic heterocycles. The minimum atomic E-state index is -0.389. The van der Waals surface area contributed by atoms with Gasteiger partial charge in [0, 0.05) is 25.0 Å². The number of hydrogen-bond donors (Lipinski definition) is 1. The molecule has 1 amide bonds. The lowest BCUT2D eigenvalue weighted by Crippen LogP contribution is -2.25. The third kappa shape index (κ3) is 4.76. The Kier molecular flexibility index (Phi) is 6.45. The van der Waals surface area contributed by atoms with Crippen LogP contribution in [0.3, 0.4) is 0 Å². The summed E-state index contributed by atoms with van der Waals surface area (Å²) in [7, 11) is 0. The van der Waals surface area contributed by atoms with E-state index in [9.17, 15) is 9.59 Å². The smallest absolute Gasteiger partial charge is 0.338 e. The summed E-state index contributed by atoms with van der Waals surface area (Å²) in [5.74, 6) is -0.199. The van der Waals surface area contributed by atoms with Crippen molar-refractivity contribution < 1.29 is 14.3 Å². The van der Waals surface area contributed by atoms with Crippen LogP contribution in [-0.2, 0) is 4.74 Å². The van der Waals surface area contributed by atoms with Crippen molar-refractivity contribution in [1.82, 2.24) is 9.97 Å². The van der Waals surface area contributed by atoms with Crippen LogP contribution in [0.15, 0.2) is 36.5 Å². The lowest BCUT2D eigenvalue weighted by Gasteiger charge is -2.18. The van der Waals surface area contributed by atoms with Crippen molar-refractivity contribution in [3.05, 3.63) is 47.8 Å². The van der Waals surface area contributed by atoms with E-state index in [1.807, 2.05) is 18.7 Å². The molecule has 1 N–H and O–H groups in total. The summed E-state index contributed by atoms with van der Waals surface area (Å²) < 4.78 is 4.93. The third-order valence-corrected chi connectivity index (χ3v) is 3.58. The van der Waals surface area contributed by atoms with E-state index in [0.717, 1.165) is 13.1 Å². The quantitative estimate of drug-likeness (QED) is 0.779. The van der Waals surface area contributed by atoms with Crippen LogP contribution >= 0.6 is 0 Å². The van der Waals surface area contributed by atoms with Gasteiger partial charge in [0.1, 0.15) is 5.69 Å². The van der Waals surface area contributed by atoms with Gasteiger partial charge in [-0.1, -0.05) is 0 Å². The van der Waals surface area contributed by atoms with E-state index >= 15 is 0 Å². The molecule has 0 atom stereocenters. The third-order valence-electron chi connectivity index (χ3n) is 3.58. The Morgan fingerprint density at radius 3 is 2.36 bits per heavy atom. The molecule has 132 valence electrons. The number of carbonyl (C=O) groups is 2. The Hall–Kier alpha value is -2.96. The van der Waals surface area contributed by atoms with Crippen molar-refractivity contribution in [3.63, 3.8) is 0 Å². The summed E-state index contributed by atoms with van der Waals surface area (Å²) in [5.41, 5.74) is 1.29. The van der Waals surface area contributed by atoms with E-state index in [1.54, 1.807) is 43.5 Å². The van der Waals surface area contributed by atoms with E-state index in [1.165, 1.54) is 0 Å². The number of benzene rings is 1. The summed E-state index contributed by atoms with van der Waals surface area (Å²) in [6.07, 6.45) is 1.57. The molecule has 0 spiro atoms. The van der Waals surface area contributed by atoms with Crippen LogP contribution in [0.4, 0.5) is 11.6 Å². The number of rotatable bonds is 7. The van der Waals surface area contributed by atoms with Crippen LogP contribution in [0.25, 0.3) is 0 Å². The van der Waals surface area contributed by atoms with Crippen molar-refractivity contribution in [2.75, 3.05) is 29.9 Å². The van der Waals surface area contributed by atoms with Gasteiger partial charge in [-0.25, -0.2) is 14.8 Å². The second-order valence-electron chi connectivity index (χ2n) is 5.17. The summed E-state index contributed by atoms with van der Waals surface area (Å²) in [4.78, 5) is 34.5. The second-order valence-corrected chi connectivity index (χ2v) is 5.17. The standard InChI is InChI=1S/C18H22N4O3/c1-4-22(5-2)18-19-12-11-15(21-18)16(23)20-14-9-7-13(8-10-14)17(24)25-6-3/h7-12H,4-6H2,1-3H3,(H,20,23). The van der Waals surface area contributed by atoms with Gasteiger partial charge in [0.25, 0.3) is 5.91 Å². The van der Waals surface area contributed by atoms with Gasteiger partial charge in [-0.15, -0.1) is 0 Å². The fourth-order valence-corrected chi connectivity index (χ4v) is 2.23. The van der Waals surface area contributed by atoms with Gasteiger partial charge < -0.3 is 15.0 Å². The predicted octanol–water partition coefficient (Wildman–Crippen LogP) is 2.75. The highest BCUT2D eigenvalue weighted by Gasteiger charge is 2.12. The molecule has 0 unspecified atom stereocenters. The van der Waals surface area contributed by atoms with Gasteiger partial charge in [-0.05, 0) is 51.1 Å². The monoisotopic (exact) mass is 342 g/mol. The maximum absolute atomic E-state index is 12.4. The van der Waals surface area contributed by atoms with E-state index in [0.29, 0.717) is 23.8 Å². The van der Waals surface area contributed by atoms with Crippen LogP contribution in [0, 0.1) is 0 Å². The Labute approximate surface area is 147 Å². The average Bonchev–Trinajstić information content (AvgIpc) is 2.64. The molecule has 0 saturated carbocycles. The number of hydrogen-bond acceptors (Lipinski definition) is 6. The number of nitrogens with zero attached hydrogens (tertiary/aromatic N) is 3. The van der Waals surface area contributed by atoms with E-state index in [2.05, 4.69) is 15.3 Å². The number of ether oxygens (including phenoxy) is 1. The highest BCUT2D eigenvalue weighted by Crippen LogP contribution is 2.13. The molecule has 0 aliphatic rings. The normalized spacial score (nSPS) is 10.2. The Balaban J connectivity index is 2.09. The minimum absolute atomic E-state index is 0.284. The lowest BCUT2D eigenvalue weighted by atomic mass is 10.2. The van der Waals surface area contributed by atoms with Gasteiger partial charge >= 0.3 is 5.97 Å². The highest BCUT2D eigenvalue weighted by atomic mass is 16.5. The summed E-state index contributed by atoms with van der Waals surface area (Å²) in [6.45, 7) is 7.60. The fourth-order valence-electron chi connectivity index (χ4n) is 2.23. The first-order chi connectivity index (χ1) is 12.1. The number of anilines is 2. The van der Waals surface area contributed by atoms with Crippen molar-refractivity contribution in [2.45, 2.75) is 20.8 Å².